The Kier molecular flexibility index (Phi) is 3.18. The molecule has 1 aromatic carbocycles. The van der Waals surface area contributed by atoms with Crippen LogP contribution in [0.25, 0.3) is 10.9 Å². The molecular formula is C13H11Cl2NO2. The standard InChI is InChI=1S/C13H11Cl2NO2/c14-7-9-4-8-5-11-12(18-3-1-2-17-11)6-10(8)16-13(9)15/h4-6H,1-3,7H2. The van der Waals surface area contributed by atoms with E-state index in [0.717, 1.165) is 34.4 Å². The molecule has 3 rings (SSSR count). The third kappa shape index (κ3) is 2.08. The Morgan fingerprint density at radius 3 is 2.56 bits per heavy atom. The zero-order valence-corrected chi connectivity index (χ0v) is 11.1. The van der Waals surface area contributed by atoms with Gasteiger partial charge in [0.2, 0.25) is 0 Å². The molecule has 3 nitrogen and oxygen atoms in total. The van der Waals surface area contributed by atoms with Crippen LogP contribution in [0.1, 0.15) is 12.0 Å². The minimum atomic E-state index is 0.343. The van der Waals surface area contributed by atoms with Crippen LogP contribution in [0.2, 0.25) is 5.15 Å². The number of hydrogen-bond donors (Lipinski definition) is 0. The van der Waals surface area contributed by atoms with Crippen LogP contribution in [-0.2, 0) is 5.88 Å². The second kappa shape index (κ2) is 4.82. The summed E-state index contributed by atoms with van der Waals surface area (Å²) in [6.07, 6.45) is 0.881. The Hall–Kier alpha value is -1.19. The highest BCUT2D eigenvalue weighted by atomic mass is 35.5. The quantitative estimate of drug-likeness (QED) is 0.589. The van der Waals surface area contributed by atoms with Gasteiger partial charge in [-0.05, 0) is 12.1 Å². The molecule has 0 N–H and O–H groups in total. The monoisotopic (exact) mass is 283 g/mol. The summed E-state index contributed by atoms with van der Waals surface area (Å²) >= 11 is 11.9. The number of hydrogen-bond acceptors (Lipinski definition) is 3. The van der Waals surface area contributed by atoms with Crippen molar-refractivity contribution >= 4 is 34.1 Å². The number of halogens is 2. The maximum atomic E-state index is 6.05. The average molecular weight is 284 g/mol. The first-order valence-electron chi connectivity index (χ1n) is 5.72. The van der Waals surface area contributed by atoms with Crippen LogP contribution in [0.4, 0.5) is 0 Å². The molecule has 0 bridgehead atoms. The van der Waals surface area contributed by atoms with Gasteiger partial charge in [-0.25, -0.2) is 4.98 Å². The highest BCUT2D eigenvalue weighted by Gasteiger charge is 2.13. The van der Waals surface area contributed by atoms with E-state index in [1.807, 2.05) is 18.2 Å². The first-order chi connectivity index (χ1) is 8.78. The van der Waals surface area contributed by atoms with E-state index < -0.39 is 0 Å². The Morgan fingerprint density at radius 2 is 1.83 bits per heavy atom. The minimum Gasteiger partial charge on any atom is -0.490 e. The summed E-state index contributed by atoms with van der Waals surface area (Å²) in [5.74, 6) is 1.82. The predicted molar refractivity (Wildman–Crippen MR) is 71.9 cm³/mol. The predicted octanol–water partition coefficient (Wildman–Crippen LogP) is 3.79. The lowest BCUT2D eigenvalue weighted by Gasteiger charge is -2.09. The summed E-state index contributed by atoms with van der Waals surface area (Å²) in [6, 6.07) is 5.72. The largest absolute Gasteiger partial charge is 0.490 e. The second-order valence-electron chi connectivity index (χ2n) is 4.11. The number of aromatic nitrogens is 1. The molecule has 0 unspecified atom stereocenters. The summed E-state index contributed by atoms with van der Waals surface area (Å²) in [7, 11) is 0. The van der Waals surface area contributed by atoms with Gasteiger partial charge in [-0.1, -0.05) is 11.6 Å². The fourth-order valence-electron chi connectivity index (χ4n) is 1.94. The molecule has 0 atom stereocenters. The van der Waals surface area contributed by atoms with Gasteiger partial charge in [-0.15, -0.1) is 11.6 Å². The Bertz CT molecular complexity index is 601. The highest BCUT2D eigenvalue weighted by Crippen LogP contribution is 2.35. The van der Waals surface area contributed by atoms with Crippen molar-refractivity contribution in [3.63, 3.8) is 0 Å². The van der Waals surface area contributed by atoms with Crippen molar-refractivity contribution in [2.75, 3.05) is 13.2 Å². The number of rotatable bonds is 1. The van der Waals surface area contributed by atoms with Gasteiger partial charge >= 0.3 is 0 Å². The average Bonchev–Trinajstić information content (AvgIpc) is 2.60. The van der Waals surface area contributed by atoms with Gasteiger partial charge in [-0.2, -0.15) is 0 Å². The highest BCUT2D eigenvalue weighted by molar-refractivity contribution is 6.31. The maximum Gasteiger partial charge on any atom is 0.163 e. The lowest BCUT2D eigenvalue weighted by Crippen LogP contribution is -1.97. The van der Waals surface area contributed by atoms with Crippen molar-refractivity contribution in [2.45, 2.75) is 12.3 Å². The number of benzene rings is 1. The number of ether oxygens (including phenoxy) is 2. The van der Waals surface area contributed by atoms with Gasteiger partial charge in [0.15, 0.2) is 11.5 Å². The number of alkyl halides is 1. The summed E-state index contributed by atoms with van der Waals surface area (Å²) in [4.78, 5) is 4.33. The van der Waals surface area contributed by atoms with Crippen molar-refractivity contribution in [2.24, 2.45) is 0 Å². The molecule has 5 heteroatoms. The van der Waals surface area contributed by atoms with Crippen LogP contribution in [0.5, 0.6) is 11.5 Å². The molecule has 0 fully saturated rings. The van der Waals surface area contributed by atoms with Crippen molar-refractivity contribution in [1.82, 2.24) is 4.98 Å². The van der Waals surface area contributed by atoms with Gasteiger partial charge in [-0.3, -0.25) is 0 Å². The van der Waals surface area contributed by atoms with Crippen molar-refractivity contribution < 1.29 is 9.47 Å². The number of nitrogens with zero attached hydrogens (tertiary/aromatic N) is 1. The summed E-state index contributed by atoms with van der Waals surface area (Å²) in [5.41, 5.74) is 1.61. The molecule has 2 heterocycles. The van der Waals surface area contributed by atoms with Gasteiger partial charge in [0.1, 0.15) is 5.15 Å². The molecule has 18 heavy (non-hydrogen) atoms. The molecule has 1 aliphatic heterocycles. The SMILES string of the molecule is ClCc1cc2cc3c(cc2nc1Cl)OCCCO3. The zero-order chi connectivity index (χ0) is 12.5. The minimum absolute atomic E-state index is 0.343. The topological polar surface area (TPSA) is 31.4 Å². The lowest BCUT2D eigenvalue weighted by atomic mass is 10.1. The van der Waals surface area contributed by atoms with E-state index in [9.17, 15) is 0 Å². The Labute approximate surface area is 115 Å². The first-order valence-corrected chi connectivity index (χ1v) is 6.64. The molecule has 0 aliphatic carbocycles. The van der Waals surface area contributed by atoms with Crippen LogP contribution in [0, 0.1) is 0 Å². The fourth-order valence-corrected chi connectivity index (χ4v) is 2.43. The van der Waals surface area contributed by atoms with Gasteiger partial charge in [0, 0.05) is 23.4 Å². The Balaban J connectivity index is 2.19. The number of fused-ring (bicyclic) bond motifs is 2. The molecule has 0 saturated carbocycles. The third-order valence-corrected chi connectivity index (χ3v) is 3.47. The summed E-state index contributed by atoms with van der Waals surface area (Å²) in [5, 5.41) is 1.39. The van der Waals surface area contributed by atoms with Gasteiger partial charge < -0.3 is 9.47 Å². The fraction of sp³-hybridized carbons (Fsp3) is 0.308. The van der Waals surface area contributed by atoms with Crippen molar-refractivity contribution in [3.8, 4) is 11.5 Å². The third-order valence-electron chi connectivity index (χ3n) is 2.85. The van der Waals surface area contributed by atoms with Crippen LogP contribution >= 0.6 is 23.2 Å². The van der Waals surface area contributed by atoms with Crippen molar-refractivity contribution in [1.29, 1.82) is 0 Å². The molecule has 1 aliphatic rings. The van der Waals surface area contributed by atoms with Crippen LogP contribution in [0.3, 0.4) is 0 Å². The van der Waals surface area contributed by atoms with E-state index in [0.29, 0.717) is 24.2 Å². The molecule has 94 valence electrons. The van der Waals surface area contributed by atoms with Gasteiger partial charge in [0.25, 0.3) is 0 Å². The van der Waals surface area contributed by atoms with E-state index >= 15 is 0 Å². The van der Waals surface area contributed by atoms with E-state index in [2.05, 4.69) is 4.98 Å². The summed E-state index contributed by atoms with van der Waals surface area (Å²) in [6.45, 7) is 1.33. The van der Waals surface area contributed by atoms with E-state index in [-0.39, 0.29) is 0 Å². The Morgan fingerprint density at radius 1 is 1.11 bits per heavy atom. The maximum absolute atomic E-state index is 6.05. The van der Waals surface area contributed by atoms with Crippen LogP contribution in [-0.4, -0.2) is 18.2 Å². The lowest BCUT2D eigenvalue weighted by molar-refractivity contribution is 0.297. The van der Waals surface area contributed by atoms with Crippen LogP contribution < -0.4 is 9.47 Å². The van der Waals surface area contributed by atoms with E-state index in [1.54, 1.807) is 0 Å². The van der Waals surface area contributed by atoms with Gasteiger partial charge in [0.05, 0.1) is 24.6 Å². The molecule has 0 saturated heterocycles. The molecule has 0 radical (unpaired) electrons. The molecule has 1 aromatic heterocycles. The van der Waals surface area contributed by atoms with E-state index in [4.69, 9.17) is 32.7 Å². The zero-order valence-electron chi connectivity index (χ0n) is 9.58. The molecule has 0 amide bonds. The smallest absolute Gasteiger partial charge is 0.163 e. The summed E-state index contributed by atoms with van der Waals surface area (Å²) < 4.78 is 11.3. The molecular weight excluding hydrogens is 273 g/mol. The van der Waals surface area contributed by atoms with E-state index in [1.165, 1.54) is 0 Å². The normalized spacial score (nSPS) is 14.6. The van der Waals surface area contributed by atoms with Crippen molar-refractivity contribution in [3.05, 3.63) is 28.9 Å². The number of pyridine rings is 1. The van der Waals surface area contributed by atoms with Crippen LogP contribution in [0.15, 0.2) is 18.2 Å². The molecule has 0 spiro atoms. The second-order valence-corrected chi connectivity index (χ2v) is 4.74. The molecule has 2 aromatic rings. The first kappa shape index (κ1) is 11.9.